The predicted octanol–water partition coefficient (Wildman–Crippen LogP) is 3.72. The molecule has 32 heavy (non-hydrogen) atoms. The maximum Gasteiger partial charge on any atom is 0.230 e. The summed E-state index contributed by atoms with van der Waals surface area (Å²) in [5.41, 5.74) is 2.00. The normalized spacial score (nSPS) is 12.3. The van der Waals surface area contributed by atoms with Crippen molar-refractivity contribution in [2.75, 3.05) is 5.75 Å². The van der Waals surface area contributed by atoms with Crippen LogP contribution in [0.4, 0.5) is 0 Å². The Bertz CT molecular complexity index is 1170. The Labute approximate surface area is 192 Å². The van der Waals surface area contributed by atoms with Crippen molar-refractivity contribution in [1.29, 1.82) is 0 Å². The number of allylic oxidation sites excluding steroid dienone is 1. The molecular weight excluding hydrogens is 444 g/mol. The largest absolute Gasteiger partial charge is 0.349 e. The van der Waals surface area contributed by atoms with E-state index in [-0.39, 0.29) is 28.4 Å². The third-order valence-corrected chi connectivity index (χ3v) is 7.41. The maximum atomic E-state index is 12.8. The minimum atomic E-state index is -3.58. The standard InChI is InChI=1S/C23H26N4O3S2/c1-4-14-27-21(16-32(29,30)20-12-10-17(2)11-13-20)25-26-23(27)31-15-22(28)24-18(3)19-8-6-5-7-9-19/h4-13,18H,1,14-16H2,2-3H3,(H,24,28). The lowest BCUT2D eigenvalue weighted by molar-refractivity contribution is -0.119. The highest BCUT2D eigenvalue weighted by atomic mass is 32.2. The van der Waals surface area contributed by atoms with Crippen molar-refractivity contribution in [3.05, 3.63) is 84.2 Å². The number of nitrogens with one attached hydrogen (secondary N) is 1. The first-order valence-electron chi connectivity index (χ1n) is 10.1. The van der Waals surface area contributed by atoms with Gasteiger partial charge in [-0.25, -0.2) is 8.42 Å². The van der Waals surface area contributed by atoms with Gasteiger partial charge in [-0.15, -0.1) is 16.8 Å². The molecule has 1 atom stereocenters. The lowest BCUT2D eigenvalue weighted by Crippen LogP contribution is -2.28. The summed E-state index contributed by atoms with van der Waals surface area (Å²) in [5, 5.41) is 11.6. The second-order valence-corrected chi connectivity index (χ2v) is 10.3. The number of hydrogen-bond donors (Lipinski definition) is 1. The second kappa shape index (κ2) is 10.6. The predicted molar refractivity (Wildman–Crippen MR) is 126 cm³/mol. The molecule has 1 unspecified atom stereocenters. The molecule has 3 rings (SSSR count). The fourth-order valence-corrected chi connectivity index (χ4v) is 5.13. The van der Waals surface area contributed by atoms with E-state index in [1.165, 1.54) is 11.8 Å². The van der Waals surface area contributed by atoms with Crippen molar-refractivity contribution >= 4 is 27.5 Å². The third-order valence-electron chi connectivity index (χ3n) is 4.81. The SMILES string of the molecule is C=CCn1c(CS(=O)(=O)c2ccc(C)cc2)nnc1SCC(=O)NC(C)c1ccccc1. The molecule has 2 aromatic carbocycles. The van der Waals surface area contributed by atoms with E-state index in [9.17, 15) is 13.2 Å². The van der Waals surface area contributed by atoms with Crippen molar-refractivity contribution < 1.29 is 13.2 Å². The van der Waals surface area contributed by atoms with Crippen LogP contribution in [0.5, 0.6) is 0 Å². The summed E-state index contributed by atoms with van der Waals surface area (Å²) in [5.74, 6) is 0.0191. The van der Waals surface area contributed by atoms with Crippen LogP contribution in [0.3, 0.4) is 0 Å². The Morgan fingerprint density at radius 2 is 1.84 bits per heavy atom. The van der Waals surface area contributed by atoms with Gasteiger partial charge in [-0.1, -0.05) is 65.9 Å². The van der Waals surface area contributed by atoms with Crippen molar-refractivity contribution in [2.24, 2.45) is 0 Å². The molecule has 0 saturated carbocycles. The summed E-state index contributed by atoms with van der Waals surface area (Å²) in [6.45, 7) is 7.90. The monoisotopic (exact) mass is 470 g/mol. The van der Waals surface area contributed by atoms with Crippen molar-refractivity contribution in [1.82, 2.24) is 20.1 Å². The van der Waals surface area contributed by atoms with Gasteiger partial charge in [0.25, 0.3) is 0 Å². The van der Waals surface area contributed by atoms with Crippen molar-refractivity contribution in [3.63, 3.8) is 0 Å². The van der Waals surface area contributed by atoms with Crippen molar-refractivity contribution in [2.45, 2.75) is 42.2 Å². The summed E-state index contributed by atoms with van der Waals surface area (Å²) in [4.78, 5) is 12.6. The Balaban J connectivity index is 1.68. The van der Waals surface area contributed by atoms with E-state index in [0.29, 0.717) is 17.5 Å². The lowest BCUT2D eigenvalue weighted by Gasteiger charge is -2.14. The van der Waals surface area contributed by atoms with Crippen LogP contribution in [-0.4, -0.2) is 34.8 Å². The fourth-order valence-electron chi connectivity index (χ4n) is 3.08. The zero-order chi connectivity index (χ0) is 23.1. The molecule has 0 fully saturated rings. The maximum absolute atomic E-state index is 12.8. The van der Waals surface area contributed by atoms with Crippen LogP contribution < -0.4 is 5.32 Å². The Morgan fingerprint density at radius 3 is 2.50 bits per heavy atom. The summed E-state index contributed by atoms with van der Waals surface area (Å²) in [7, 11) is -3.58. The van der Waals surface area contributed by atoms with Crippen LogP contribution >= 0.6 is 11.8 Å². The highest BCUT2D eigenvalue weighted by Gasteiger charge is 2.22. The highest BCUT2D eigenvalue weighted by Crippen LogP contribution is 2.22. The summed E-state index contributed by atoms with van der Waals surface area (Å²) >= 11 is 1.21. The van der Waals surface area contributed by atoms with Gasteiger partial charge >= 0.3 is 0 Å². The first-order chi connectivity index (χ1) is 15.3. The molecule has 0 spiro atoms. The molecule has 1 N–H and O–H groups in total. The molecule has 0 aliphatic rings. The van der Waals surface area contributed by atoms with Gasteiger partial charge in [0.1, 0.15) is 11.6 Å². The van der Waals surface area contributed by atoms with Gasteiger partial charge in [0, 0.05) is 6.54 Å². The summed E-state index contributed by atoms with van der Waals surface area (Å²) < 4.78 is 27.3. The fraction of sp³-hybridized carbons (Fsp3) is 0.261. The minimum absolute atomic E-state index is 0.120. The van der Waals surface area contributed by atoms with Crippen molar-refractivity contribution in [3.8, 4) is 0 Å². The first-order valence-corrected chi connectivity index (χ1v) is 12.7. The third kappa shape index (κ3) is 6.08. The van der Waals surface area contributed by atoms with E-state index in [4.69, 9.17) is 0 Å². The molecule has 3 aromatic rings. The highest BCUT2D eigenvalue weighted by molar-refractivity contribution is 7.99. The zero-order valence-electron chi connectivity index (χ0n) is 18.1. The van der Waals surface area contributed by atoms with E-state index in [1.54, 1.807) is 34.9 Å². The topological polar surface area (TPSA) is 93.9 Å². The Kier molecular flexibility index (Phi) is 7.87. The number of thioether (sulfide) groups is 1. The Morgan fingerprint density at radius 1 is 1.16 bits per heavy atom. The first kappa shape index (κ1) is 23.7. The van der Waals surface area contributed by atoms with Crippen LogP contribution in [0.15, 0.2) is 77.3 Å². The number of aryl methyl sites for hydroxylation is 1. The van der Waals surface area contributed by atoms with Crippen LogP contribution in [0, 0.1) is 6.92 Å². The minimum Gasteiger partial charge on any atom is -0.349 e. The molecule has 0 bridgehead atoms. The van der Waals surface area contributed by atoms with Gasteiger partial charge in [0.05, 0.1) is 16.7 Å². The van der Waals surface area contributed by atoms with Gasteiger partial charge < -0.3 is 9.88 Å². The molecule has 7 nitrogen and oxygen atoms in total. The van der Waals surface area contributed by atoms with Gasteiger partial charge in [-0.2, -0.15) is 0 Å². The number of sulfone groups is 1. The zero-order valence-corrected chi connectivity index (χ0v) is 19.7. The van der Waals surface area contributed by atoms with E-state index in [1.807, 2.05) is 44.2 Å². The number of aromatic nitrogens is 3. The van der Waals surface area contributed by atoms with E-state index in [0.717, 1.165) is 11.1 Å². The van der Waals surface area contributed by atoms with Gasteiger partial charge in [0.2, 0.25) is 5.91 Å². The molecule has 1 heterocycles. The van der Waals surface area contributed by atoms with E-state index in [2.05, 4.69) is 22.1 Å². The number of amides is 1. The van der Waals surface area contributed by atoms with Crippen LogP contribution in [-0.2, 0) is 26.9 Å². The average molecular weight is 471 g/mol. The number of carbonyl (C=O) groups is 1. The molecule has 0 radical (unpaired) electrons. The lowest BCUT2D eigenvalue weighted by atomic mass is 10.1. The molecule has 1 amide bonds. The number of carbonyl (C=O) groups excluding carboxylic acids is 1. The van der Waals surface area contributed by atoms with Crippen LogP contribution in [0.1, 0.15) is 29.9 Å². The quantitative estimate of drug-likeness (QED) is 0.359. The number of nitrogens with zero attached hydrogens (tertiary/aromatic N) is 3. The number of benzene rings is 2. The molecule has 0 aliphatic carbocycles. The molecule has 0 aliphatic heterocycles. The summed E-state index contributed by atoms with van der Waals surface area (Å²) in [6.07, 6.45) is 1.65. The molecular formula is C23H26N4O3S2. The molecule has 168 valence electrons. The summed E-state index contributed by atoms with van der Waals surface area (Å²) in [6, 6.07) is 16.3. The molecule has 1 aromatic heterocycles. The van der Waals surface area contributed by atoms with Crippen LogP contribution in [0.2, 0.25) is 0 Å². The average Bonchev–Trinajstić information content (AvgIpc) is 3.14. The van der Waals surface area contributed by atoms with Gasteiger partial charge in [-0.05, 0) is 31.5 Å². The van der Waals surface area contributed by atoms with E-state index < -0.39 is 9.84 Å². The smallest absolute Gasteiger partial charge is 0.230 e. The second-order valence-electron chi connectivity index (χ2n) is 7.36. The molecule has 0 saturated heterocycles. The van der Waals surface area contributed by atoms with Gasteiger partial charge in [-0.3, -0.25) is 4.79 Å². The van der Waals surface area contributed by atoms with Gasteiger partial charge in [0.15, 0.2) is 15.0 Å². The van der Waals surface area contributed by atoms with E-state index >= 15 is 0 Å². The number of hydrogen-bond acceptors (Lipinski definition) is 6. The Hall–Kier alpha value is -2.91. The van der Waals surface area contributed by atoms with Crippen LogP contribution in [0.25, 0.3) is 0 Å². The number of rotatable bonds is 10. The molecule has 9 heteroatoms.